The fourth-order valence-electron chi connectivity index (χ4n) is 3.68. The predicted octanol–water partition coefficient (Wildman–Crippen LogP) is 3.97. The number of carbonyl (C=O) groups is 1. The van der Waals surface area contributed by atoms with Crippen molar-refractivity contribution >= 4 is 17.3 Å². The SMILES string of the molecule is COc1ccc(N2CCN([C@@H](C)C(=O)Nc3ccccc3C(C)C)CC2)cc1. The van der Waals surface area contributed by atoms with Gasteiger partial charge in [0.15, 0.2) is 0 Å². The Labute approximate surface area is 168 Å². The molecule has 1 saturated heterocycles. The second-order valence-electron chi connectivity index (χ2n) is 7.63. The second kappa shape index (κ2) is 9.11. The minimum absolute atomic E-state index is 0.0611. The standard InChI is InChI=1S/C23H31N3O2/c1-17(2)21-7-5-6-8-22(21)24-23(27)18(3)25-13-15-26(16-14-25)19-9-11-20(28-4)12-10-19/h5-12,17-18H,13-16H2,1-4H3,(H,24,27)/t18-/m0/s1. The third-order valence-corrected chi connectivity index (χ3v) is 5.52. The highest BCUT2D eigenvalue weighted by Crippen LogP contribution is 2.25. The van der Waals surface area contributed by atoms with Crippen molar-refractivity contribution in [1.29, 1.82) is 0 Å². The Morgan fingerprint density at radius 2 is 1.61 bits per heavy atom. The van der Waals surface area contributed by atoms with Gasteiger partial charge < -0.3 is 15.0 Å². The predicted molar refractivity (Wildman–Crippen MR) is 115 cm³/mol. The van der Waals surface area contributed by atoms with Crippen molar-refractivity contribution in [2.45, 2.75) is 32.7 Å². The summed E-state index contributed by atoms with van der Waals surface area (Å²) in [5.74, 6) is 1.31. The zero-order valence-electron chi connectivity index (χ0n) is 17.3. The molecule has 150 valence electrons. The molecule has 1 aliphatic rings. The molecule has 28 heavy (non-hydrogen) atoms. The van der Waals surface area contributed by atoms with Crippen LogP contribution in [-0.2, 0) is 4.79 Å². The number of nitrogens with zero attached hydrogens (tertiary/aromatic N) is 2. The molecule has 1 amide bonds. The Bertz CT molecular complexity index is 781. The zero-order chi connectivity index (χ0) is 20.1. The number of rotatable bonds is 6. The number of benzene rings is 2. The maximum Gasteiger partial charge on any atom is 0.241 e. The molecular formula is C23H31N3O2. The van der Waals surface area contributed by atoms with Gasteiger partial charge in [0.1, 0.15) is 5.75 Å². The van der Waals surface area contributed by atoms with E-state index in [4.69, 9.17) is 4.74 Å². The summed E-state index contributed by atoms with van der Waals surface area (Å²) < 4.78 is 5.23. The molecule has 0 saturated carbocycles. The van der Waals surface area contributed by atoms with Gasteiger partial charge >= 0.3 is 0 Å². The molecular weight excluding hydrogens is 350 g/mol. The van der Waals surface area contributed by atoms with E-state index in [2.05, 4.69) is 47.2 Å². The van der Waals surface area contributed by atoms with Crippen LogP contribution in [0.3, 0.4) is 0 Å². The summed E-state index contributed by atoms with van der Waals surface area (Å²) in [5.41, 5.74) is 3.29. The summed E-state index contributed by atoms with van der Waals surface area (Å²) in [6.45, 7) is 9.84. The molecule has 1 N–H and O–H groups in total. The first-order valence-electron chi connectivity index (χ1n) is 10.0. The largest absolute Gasteiger partial charge is 0.497 e. The van der Waals surface area contributed by atoms with Gasteiger partial charge in [0.05, 0.1) is 13.2 Å². The molecule has 0 unspecified atom stereocenters. The first-order valence-corrected chi connectivity index (χ1v) is 10.0. The topological polar surface area (TPSA) is 44.8 Å². The Kier molecular flexibility index (Phi) is 6.57. The van der Waals surface area contributed by atoms with Crippen molar-refractivity contribution in [1.82, 2.24) is 4.90 Å². The van der Waals surface area contributed by atoms with Crippen molar-refractivity contribution in [2.75, 3.05) is 43.5 Å². The van der Waals surface area contributed by atoms with Crippen molar-refractivity contribution in [3.63, 3.8) is 0 Å². The maximum absolute atomic E-state index is 12.8. The highest BCUT2D eigenvalue weighted by atomic mass is 16.5. The first kappa shape index (κ1) is 20.2. The number of hydrogen-bond acceptors (Lipinski definition) is 4. The molecule has 1 fully saturated rings. The number of para-hydroxylation sites is 1. The first-order chi connectivity index (χ1) is 13.5. The van der Waals surface area contributed by atoms with Gasteiger partial charge in [0.2, 0.25) is 5.91 Å². The van der Waals surface area contributed by atoms with Crippen LogP contribution < -0.4 is 15.0 Å². The van der Waals surface area contributed by atoms with E-state index in [-0.39, 0.29) is 11.9 Å². The summed E-state index contributed by atoms with van der Waals surface area (Å²) in [6.07, 6.45) is 0. The Morgan fingerprint density at radius 3 is 2.21 bits per heavy atom. The molecule has 1 aliphatic heterocycles. The van der Waals surface area contributed by atoms with Crippen LogP contribution in [0.25, 0.3) is 0 Å². The third kappa shape index (κ3) is 4.65. The number of anilines is 2. The Morgan fingerprint density at radius 1 is 0.964 bits per heavy atom. The fraction of sp³-hybridized carbons (Fsp3) is 0.435. The van der Waals surface area contributed by atoms with Gasteiger partial charge in [-0.05, 0) is 48.7 Å². The number of amides is 1. The molecule has 0 aliphatic carbocycles. The van der Waals surface area contributed by atoms with Crippen LogP contribution in [0.2, 0.25) is 0 Å². The highest BCUT2D eigenvalue weighted by molar-refractivity contribution is 5.95. The van der Waals surface area contributed by atoms with Crippen LogP contribution in [0.5, 0.6) is 5.75 Å². The third-order valence-electron chi connectivity index (χ3n) is 5.52. The molecule has 0 radical (unpaired) electrons. The monoisotopic (exact) mass is 381 g/mol. The number of nitrogens with one attached hydrogen (secondary N) is 1. The van der Waals surface area contributed by atoms with Gasteiger partial charge in [-0.15, -0.1) is 0 Å². The molecule has 0 spiro atoms. The lowest BCUT2D eigenvalue weighted by Gasteiger charge is -2.38. The Hall–Kier alpha value is -2.53. The zero-order valence-corrected chi connectivity index (χ0v) is 17.3. The lowest BCUT2D eigenvalue weighted by atomic mass is 10.0. The Balaban J connectivity index is 1.57. The molecule has 0 bridgehead atoms. The molecule has 0 aromatic heterocycles. The van der Waals surface area contributed by atoms with E-state index in [1.54, 1.807) is 7.11 Å². The van der Waals surface area contributed by atoms with Crippen LogP contribution in [-0.4, -0.2) is 50.1 Å². The van der Waals surface area contributed by atoms with Crippen LogP contribution in [0.1, 0.15) is 32.3 Å². The minimum atomic E-state index is -0.154. The fourth-order valence-corrected chi connectivity index (χ4v) is 3.68. The molecule has 3 rings (SSSR count). The highest BCUT2D eigenvalue weighted by Gasteiger charge is 2.26. The lowest BCUT2D eigenvalue weighted by molar-refractivity contribution is -0.120. The molecule has 1 heterocycles. The van der Waals surface area contributed by atoms with Crippen LogP contribution in [0, 0.1) is 0 Å². The van der Waals surface area contributed by atoms with Crippen molar-refractivity contribution in [3.05, 3.63) is 54.1 Å². The van der Waals surface area contributed by atoms with Crippen molar-refractivity contribution < 1.29 is 9.53 Å². The van der Waals surface area contributed by atoms with Gasteiger partial charge in [-0.25, -0.2) is 0 Å². The average Bonchev–Trinajstić information content (AvgIpc) is 2.73. The van der Waals surface area contributed by atoms with E-state index in [1.165, 1.54) is 11.3 Å². The average molecular weight is 382 g/mol. The quantitative estimate of drug-likeness (QED) is 0.822. The number of methoxy groups -OCH3 is 1. The minimum Gasteiger partial charge on any atom is -0.497 e. The second-order valence-corrected chi connectivity index (χ2v) is 7.63. The van der Waals surface area contributed by atoms with Crippen LogP contribution in [0.15, 0.2) is 48.5 Å². The summed E-state index contributed by atoms with van der Waals surface area (Å²) in [4.78, 5) is 17.4. The van der Waals surface area contributed by atoms with Gasteiger partial charge in [-0.3, -0.25) is 9.69 Å². The van der Waals surface area contributed by atoms with E-state index in [0.717, 1.165) is 37.6 Å². The normalized spacial score (nSPS) is 16.1. The molecule has 5 heteroatoms. The van der Waals surface area contributed by atoms with E-state index in [9.17, 15) is 4.79 Å². The summed E-state index contributed by atoms with van der Waals surface area (Å²) in [5, 5.41) is 3.14. The van der Waals surface area contributed by atoms with E-state index < -0.39 is 0 Å². The van der Waals surface area contributed by atoms with Crippen molar-refractivity contribution in [3.8, 4) is 5.75 Å². The van der Waals surface area contributed by atoms with Gasteiger partial charge in [0, 0.05) is 37.6 Å². The summed E-state index contributed by atoms with van der Waals surface area (Å²) >= 11 is 0. The van der Waals surface area contributed by atoms with Gasteiger partial charge in [-0.1, -0.05) is 32.0 Å². The van der Waals surface area contributed by atoms with Gasteiger partial charge in [0.25, 0.3) is 0 Å². The molecule has 2 aromatic rings. The number of ether oxygens (including phenoxy) is 1. The van der Waals surface area contributed by atoms with E-state index in [1.807, 2.05) is 37.3 Å². The van der Waals surface area contributed by atoms with Gasteiger partial charge in [-0.2, -0.15) is 0 Å². The molecule has 5 nitrogen and oxygen atoms in total. The lowest BCUT2D eigenvalue weighted by Crippen LogP contribution is -2.52. The van der Waals surface area contributed by atoms with E-state index in [0.29, 0.717) is 5.92 Å². The molecule has 2 aromatic carbocycles. The maximum atomic E-state index is 12.8. The summed E-state index contributed by atoms with van der Waals surface area (Å²) in [6, 6.07) is 16.1. The van der Waals surface area contributed by atoms with Crippen molar-refractivity contribution in [2.24, 2.45) is 0 Å². The number of hydrogen-bond donors (Lipinski definition) is 1. The smallest absolute Gasteiger partial charge is 0.241 e. The van der Waals surface area contributed by atoms with Crippen LogP contribution in [0.4, 0.5) is 11.4 Å². The summed E-state index contributed by atoms with van der Waals surface area (Å²) in [7, 11) is 1.68. The van der Waals surface area contributed by atoms with Crippen LogP contribution >= 0.6 is 0 Å². The number of carbonyl (C=O) groups excluding carboxylic acids is 1. The van der Waals surface area contributed by atoms with E-state index >= 15 is 0 Å². The number of piperazine rings is 1. The molecule has 1 atom stereocenters.